The number of piperidine rings is 1. The summed E-state index contributed by atoms with van der Waals surface area (Å²) < 4.78 is 0. The summed E-state index contributed by atoms with van der Waals surface area (Å²) in [4.78, 5) is 0. The van der Waals surface area contributed by atoms with Gasteiger partial charge in [0, 0.05) is 23.4 Å². The number of aliphatic hydroxyl groups excluding tert-OH is 1. The maximum absolute atomic E-state index is 10.7. The number of hydrogen-bond donors (Lipinski definition) is 3. The van der Waals surface area contributed by atoms with Crippen molar-refractivity contribution < 1.29 is 10.3 Å². The summed E-state index contributed by atoms with van der Waals surface area (Å²) in [5.74, 6) is -0.261. The Morgan fingerprint density at radius 2 is 1.80 bits per heavy atom. The van der Waals surface area contributed by atoms with Crippen LogP contribution in [-0.4, -0.2) is 27.1 Å². The normalized spacial score (nSPS) is 28.2. The molecule has 1 aromatic carbocycles. The van der Waals surface area contributed by atoms with E-state index in [1.54, 1.807) is 0 Å². The molecule has 1 heterocycles. The van der Waals surface area contributed by atoms with E-state index in [1.165, 1.54) is 0 Å². The van der Waals surface area contributed by atoms with Gasteiger partial charge in [0.15, 0.2) is 0 Å². The standard InChI is InChI=1S/C16H24N2O2/c1-15(2)10-12(17-20)13(16(3,4)18-15)14(19)11-8-6-5-7-9-11/h5-9,13-14,18-20H,10H2,1-4H3/b17-12+/t13-,14+/m0/s1. The molecule has 0 aromatic heterocycles. The Balaban J connectivity index is 2.38. The number of aliphatic hydroxyl groups is 1. The Morgan fingerprint density at radius 1 is 1.20 bits per heavy atom. The van der Waals surface area contributed by atoms with Crippen LogP contribution in [0.1, 0.15) is 45.8 Å². The van der Waals surface area contributed by atoms with Gasteiger partial charge in [-0.3, -0.25) is 0 Å². The summed E-state index contributed by atoms with van der Waals surface area (Å²) in [5, 5.41) is 27.1. The van der Waals surface area contributed by atoms with Gasteiger partial charge >= 0.3 is 0 Å². The molecule has 2 atom stereocenters. The van der Waals surface area contributed by atoms with E-state index in [0.29, 0.717) is 12.1 Å². The third kappa shape index (κ3) is 2.86. The van der Waals surface area contributed by atoms with Crippen LogP contribution >= 0.6 is 0 Å². The van der Waals surface area contributed by atoms with E-state index in [9.17, 15) is 10.3 Å². The molecule has 0 aliphatic carbocycles. The highest BCUT2D eigenvalue weighted by Crippen LogP contribution is 2.39. The number of benzene rings is 1. The fraction of sp³-hybridized carbons (Fsp3) is 0.562. The lowest BCUT2D eigenvalue weighted by Gasteiger charge is -2.49. The highest BCUT2D eigenvalue weighted by Gasteiger charge is 2.47. The van der Waals surface area contributed by atoms with Gasteiger partial charge in [0.1, 0.15) is 0 Å². The Hall–Kier alpha value is -1.39. The first-order valence-corrected chi connectivity index (χ1v) is 7.00. The van der Waals surface area contributed by atoms with E-state index >= 15 is 0 Å². The zero-order chi connectivity index (χ0) is 15.0. The molecule has 1 aliphatic rings. The molecule has 3 N–H and O–H groups in total. The molecule has 1 fully saturated rings. The van der Waals surface area contributed by atoms with Crippen molar-refractivity contribution >= 4 is 5.71 Å². The molecular formula is C16H24N2O2. The van der Waals surface area contributed by atoms with Crippen molar-refractivity contribution in [3.63, 3.8) is 0 Å². The zero-order valence-corrected chi connectivity index (χ0v) is 12.6. The topological polar surface area (TPSA) is 64.9 Å². The molecule has 0 unspecified atom stereocenters. The zero-order valence-electron chi connectivity index (χ0n) is 12.6. The maximum Gasteiger partial charge on any atom is 0.0889 e. The van der Waals surface area contributed by atoms with E-state index in [0.717, 1.165) is 5.56 Å². The maximum atomic E-state index is 10.7. The minimum absolute atomic E-state index is 0.155. The fourth-order valence-corrected chi connectivity index (χ4v) is 3.49. The lowest BCUT2D eigenvalue weighted by atomic mass is 9.69. The predicted molar refractivity (Wildman–Crippen MR) is 80.0 cm³/mol. The van der Waals surface area contributed by atoms with Gasteiger partial charge in [-0.15, -0.1) is 0 Å². The molecule has 0 amide bonds. The van der Waals surface area contributed by atoms with Gasteiger partial charge in [0.2, 0.25) is 0 Å². The second-order valence-electron chi connectivity index (χ2n) is 6.83. The first-order valence-electron chi connectivity index (χ1n) is 7.00. The number of oxime groups is 1. The molecule has 2 rings (SSSR count). The van der Waals surface area contributed by atoms with Gasteiger partial charge in [-0.1, -0.05) is 35.5 Å². The number of nitrogens with zero attached hydrogens (tertiary/aromatic N) is 1. The van der Waals surface area contributed by atoms with Crippen LogP contribution in [0.25, 0.3) is 0 Å². The Bertz CT molecular complexity index is 494. The van der Waals surface area contributed by atoms with Crippen molar-refractivity contribution in [3.05, 3.63) is 35.9 Å². The van der Waals surface area contributed by atoms with Crippen molar-refractivity contribution in [2.24, 2.45) is 11.1 Å². The van der Waals surface area contributed by atoms with Crippen LogP contribution in [0, 0.1) is 5.92 Å². The van der Waals surface area contributed by atoms with Crippen molar-refractivity contribution in [3.8, 4) is 0 Å². The molecule has 4 heteroatoms. The Labute approximate surface area is 120 Å². The van der Waals surface area contributed by atoms with Gasteiger partial charge < -0.3 is 15.6 Å². The predicted octanol–water partition coefficient (Wildman–Crippen LogP) is 2.72. The molecule has 1 aromatic rings. The van der Waals surface area contributed by atoms with E-state index in [-0.39, 0.29) is 17.0 Å². The second-order valence-corrected chi connectivity index (χ2v) is 6.83. The van der Waals surface area contributed by atoms with E-state index in [1.807, 2.05) is 44.2 Å². The average molecular weight is 276 g/mol. The molecule has 0 spiro atoms. The second kappa shape index (κ2) is 5.19. The summed E-state index contributed by atoms with van der Waals surface area (Å²) in [6, 6.07) is 9.53. The highest BCUT2D eigenvalue weighted by atomic mass is 16.4. The van der Waals surface area contributed by atoms with Crippen molar-refractivity contribution in [1.29, 1.82) is 0 Å². The third-order valence-electron chi connectivity index (χ3n) is 4.01. The van der Waals surface area contributed by atoms with Gasteiger partial charge in [-0.2, -0.15) is 0 Å². The first-order chi connectivity index (χ1) is 9.27. The van der Waals surface area contributed by atoms with Gasteiger partial charge in [-0.25, -0.2) is 0 Å². The largest absolute Gasteiger partial charge is 0.411 e. The van der Waals surface area contributed by atoms with Crippen molar-refractivity contribution in [2.45, 2.75) is 51.3 Å². The van der Waals surface area contributed by atoms with Crippen molar-refractivity contribution in [1.82, 2.24) is 5.32 Å². The third-order valence-corrected chi connectivity index (χ3v) is 4.01. The van der Waals surface area contributed by atoms with Gasteiger partial charge in [0.05, 0.1) is 11.8 Å². The summed E-state index contributed by atoms with van der Waals surface area (Å²) in [5.41, 5.74) is 0.972. The summed E-state index contributed by atoms with van der Waals surface area (Å²) in [7, 11) is 0. The van der Waals surface area contributed by atoms with Crippen molar-refractivity contribution in [2.75, 3.05) is 0 Å². The van der Waals surface area contributed by atoms with Crippen LogP contribution < -0.4 is 5.32 Å². The minimum atomic E-state index is -0.694. The monoisotopic (exact) mass is 276 g/mol. The smallest absolute Gasteiger partial charge is 0.0889 e. The van der Waals surface area contributed by atoms with E-state index < -0.39 is 6.10 Å². The molecule has 110 valence electrons. The van der Waals surface area contributed by atoms with Crippen LogP contribution in [0.15, 0.2) is 35.5 Å². The molecule has 20 heavy (non-hydrogen) atoms. The van der Waals surface area contributed by atoms with Gasteiger partial charge in [0.25, 0.3) is 0 Å². The minimum Gasteiger partial charge on any atom is -0.411 e. The van der Waals surface area contributed by atoms with Gasteiger partial charge in [-0.05, 0) is 33.3 Å². The molecule has 0 radical (unpaired) electrons. The van der Waals surface area contributed by atoms with Crippen LogP contribution in [0.3, 0.4) is 0 Å². The Morgan fingerprint density at radius 3 is 2.35 bits per heavy atom. The first kappa shape index (κ1) is 15.0. The fourth-order valence-electron chi connectivity index (χ4n) is 3.49. The lowest BCUT2D eigenvalue weighted by molar-refractivity contribution is 0.0629. The molecule has 1 aliphatic heterocycles. The number of nitrogens with one attached hydrogen (secondary N) is 1. The lowest BCUT2D eigenvalue weighted by Crippen LogP contribution is -2.64. The Kier molecular flexibility index (Phi) is 3.89. The van der Waals surface area contributed by atoms with Crippen LogP contribution in [0.2, 0.25) is 0 Å². The van der Waals surface area contributed by atoms with E-state index in [4.69, 9.17) is 0 Å². The molecule has 0 bridgehead atoms. The van der Waals surface area contributed by atoms with Crippen LogP contribution in [0.5, 0.6) is 0 Å². The summed E-state index contributed by atoms with van der Waals surface area (Å²) in [6.07, 6.45) is -0.0812. The molecular weight excluding hydrogens is 252 g/mol. The molecule has 1 saturated heterocycles. The molecule has 4 nitrogen and oxygen atoms in total. The molecule has 0 saturated carbocycles. The quantitative estimate of drug-likeness (QED) is 0.575. The highest BCUT2D eigenvalue weighted by molar-refractivity contribution is 5.90. The number of rotatable bonds is 2. The number of hydrogen-bond acceptors (Lipinski definition) is 4. The summed E-state index contributed by atoms with van der Waals surface area (Å²) >= 11 is 0. The SMILES string of the molecule is CC1(C)C/C(=N\O)[C@@H]([C@H](O)c2ccccc2)C(C)(C)N1. The summed E-state index contributed by atoms with van der Waals surface area (Å²) in [6.45, 7) is 8.22. The van der Waals surface area contributed by atoms with E-state index in [2.05, 4.69) is 24.3 Å². The average Bonchev–Trinajstić information content (AvgIpc) is 2.36. The van der Waals surface area contributed by atoms with Crippen LogP contribution in [-0.2, 0) is 0 Å². The van der Waals surface area contributed by atoms with Crippen LogP contribution in [0.4, 0.5) is 0 Å².